The molecule has 0 aromatic heterocycles. The molecule has 0 saturated carbocycles. The summed E-state index contributed by atoms with van der Waals surface area (Å²) in [5.74, 6) is -2.88. The topological polar surface area (TPSA) is 20.2 Å². The molecule has 0 aliphatic carbocycles. The maximum Gasteiger partial charge on any atom is 0.248 e. The Labute approximate surface area is 72.8 Å². The molecule has 0 bridgehead atoms. The number of unbranched alkanes of at least 4 members (excludes halogenated alkanes) is 1. The van der Waals surface area contributed by atoms with E-state index in [1.165, 1.54) is 0 Å². The van der Waals surface area contributed by atoms with Crippen molar-refractivity contribution < 1.29 is 13.9 Å². The van der Waals surface area contributed by atoms with Gasteiger partial charge in [-0.15, -0.1) is 0 Å². The minimum atomic E-state index is -2.59. The molecule has 0 aliphatic rings. The smallest absolute Gasteiger partial charge is 0.248 e. The van der Waals surface area contributed by atoms with Crippen LogP contribution in [0.25, 0.3) is 0 Å². The second kappa shape index (κ2) is 5.46. The van der Waals surface area contributed by atoms with Crippen molar-refractivity contribution >= 4 is 0 Å². The number of halogens is 2. The molecule has 0 aromatic carbocycles. The van der Waals surface area contributed by atoms with Crippen LogP contribution in [0.4, 0.5) is 8.78 Å². The molecule has 0 spiro atoms. The molecule has 1 nitrogen and oxygen atoms in total. The second-order valence-corrected chi connectivity index (χ2v) is 3.45. The lowest BCUT2D eigenvalue weighted by Crippen LogP contribution is -2.21. The summed E-state index contributed by atoms with van der Waals surface area (Å²) in [6.07, 6.45) is 1.12. The first-order valence-corrected chi connectivity index (χ1v) is 4.50. The first-order valence-electron chi connectivity index (χ1n) is 4.50. The van der Waals surface area contributed by atoms with Crippen molar-refractivity contribution in [2.75, 3.05) is 6.61 Å². The zero-order chi connectivity index (χ0) is 9.61. The highest BCUT2D eigenvalue weighted by Gasteiger charge is 2.29. The molecule has 0 aliphatic heterocycles. The lowest BCUT2D eigenvalue weighted by Gasteiger charge is -2.18. The van der Waals surface area contributed by atoms with Gasteiger partial charge in [0.15, 0.2) is 0 Å². The summed E-state index contributed by atoms with van der Waals surface area (Å²) >= 11 is 0. The monoisotopic (exact) mass is 180 g/mol. The third kappa shape index (κ3) is 5.47. The fraction of sp³-hybridized carbons (Fsp3) is 1.00. The van der Waals surface area contributed by atoms with Crippen molar-refractivity contribution in [2.24, 2.45) is 5.92 Å². The summed E-state index contributed by atoms with van der Waals surface area (Å²) in [6.45, 7) is 3.38. The lowest BCUT2D eigenvalue weighted by atomic mass is 10.00. The fourth-order valence-corrected chi connectivity index (χ4v) is 1.11. The minimum Gasteiger partial charge on any atom is -0.396 e. The molecule has 74 valence electrons. The van der Waals surface area contributed by atoms with Crippen molar-refractivity contribution in [1.29, 1.82) is 0 Å². The van der Waals surface area contributed by atoms with Gasteiger partial charge in [-0.3, -0.25) is 0 Å². The Hall–Kier alpha value is -0.180. The molecule has 1 N–H and O–H groups in total. The van der Waals surface area contributed by atoms with E-state index in [2.05, 4.69) is 0 Å². The quantitative estimate of drug-likeness (QED) is 0.666. The Morgan fingerprint density at radius 2 is 2.00 bits per heavy atom. The van der Waals surface area contributed by atoms with Crippen LogP contribution < -0.4 is 0 Å². The predicted molar refractivity (Wildman–Crippen MR) is 45.3 cm³/mol. The van der Waals surface area contributed by atoms with Crippen molar-refractivity contribution in [3.05, 3.63) is 0 Å². The van der Waals surface area contributed by atoms with Gasteiger partial charge >= 0.3 is 0 Å². The van der Waals surface area contributed by atoms with Gasteiger partial charge in [0.25, 0.3) is 0 Å². The average Bonchev–Trinajstić information content (AvgIpc) is 2.00. The van der Waals surface area contributed by atoms with E-state index >= 15 is 0 Å². The summed E-state index contributed by atoms with van der Waals surface area (Å²) in [6, 6.07) is 0. The molecular formula is C9H18F2O. The lowest BCUT2D eigenvalue weighted by molar-refractivity contribution is -0.0365. The van der Waals surface area contributed by atoms with E-state index in [-0.39, 0.29) is 25.4 Å². The standard InChI is InChI=1S/C9H18F2O/c1-3-4-5-9(10,11)6-8(2)7-12/h8,12H,3-7H2,1-2H3. The van der Waals surface area contributed by atoms with Crippen molar-refractivity contribution in [2.45, 2.75) is 45.5 Å². The molecule has 12 heavy (non-hydrogen) atoms. The molecule has 0 fully saturated rings. The van der Waals surface area contributed by atoms with Gasteiger partial charge < -0.3 is 5.11 Å². The molecule has 0 aromatic rings. The van der Waals surface area contributed by atoms with E-state index in [1.54, 1.807) is 6.92 Å². The summed E-state index contributed by atoms with van der Waals surface area (Å²) in [7, 11) is 0. The van der Waals surface area contributed by atoms with Gasteiger partial charge in [0.2, 0.25) is 5.92 Å². The van der Waals surface area contributed by atoms with Crippen LogP contribution >= 0.6 is 0 Å². The molecule has 0 saturated heterocycles. The molecule has 0 amide bonds. The third-order valence-electron chi connectivity index (χ3n) is 1.85. The van der Waals surface area contributed by atoms with Crippen LogP contribution in [0.1, 0.15) is 39.5 Å². The third-order valence-corrected chi connectivity index (χ3v) is 1.85. The molecule has 0 rings (SSSR count). The Balaban J connectivity index is 3.69. The maximum atomic E-state index is 12.9. The first kappa shape index (κ1) is 11.8. The van der Waals surface area contributed by atoms with Crippen LogP contribution in [0.2, 0.25) is 0 Å². The molecule has 1 atom stereocenters. The Kier molecular flexibility index (Phi) is 5.38. The van der Waals surface area contributed by atoms with E-state index in [4.69, 9.17) is 5.11 Å². The van der Waals surface area contributed by atoms with E-state index in [0.717, 1.165) is 6.42 Å². The van der Waals surface area contributed by atoms with E-state index in [9.17, 15) is 8.78 Å². The Bertz CT molecular complexity index is 115. The number of alkyl halides is 2. The van der Waals surface area contributed by atoms with Crippen LogP contribution in [0.5, 0.6) is 0 Å². The number of hydrogen-bond donors (Lipinski definition) is 1. The predicted octanol–water partition coefficient (Wildman–Crippen LogP) is 2.83. The van der Waals surface area contributed by atoms with Gasteiger partial charge in [-0.2, -0.15) is 0 Å². The molecule has 3 heteroatoms. The summed E-state index contributed by atoms with van der Waals surface area (Å²) in [5, 5.41) is 8.59. The second-order valence-electron chi connectivity index (χ2n) is 3.45. The van der Waals surface area contributed by atoms with Gasteiger partial charge in [0.05, 0.1) is 0 Å². The molecule has 1 unspecified atom stereocenters. The van der Waals surface area contributed by atoms with Gasteiger partial charge in [-0.05, 0) is 12.3 Å². The van der Waals surface area contributed by atoms with E-state index in [0.29, 0.717) is 6.42 Å². The van der Waals surface area contributed by atoms with Crippen LogP contribution in [-0.4, -0.2) is 17.6 Å². The number of rotatable bonds is 6. The van der Waals surface area contributed by atoms with E-state index < -0.39 is 5.92 Å². The SMILES string of the molecule is CCCCC(F)(F)CC(C)CO. The number of aliphatic hydroxyl groups excluding tert-OH is 1. The zero-order valence-electron chi connectivity index (χ0n) is 7.82. The van der Waals surface area contributed by atoms with Crippen LogP contribution in [0, 0.1) is 5.92 Å². The summed E-state index contributed by atoms with van der Waals surface area (Å²) in [4.78, 5) is 0. The Morgan fingerprint density at radius 3 is 2.42 bits per heavy atom. The molecular weight excluding hydrogens is 162 g/mol. The highest BCUT2D eigenvalue weighted by molar-refractivity contribution is 4.69. The molecule has 0 heterocycles. The van der Waals surface area contributed by atoms with Crippen LogP contribution in [0.3, 0.4) is 0 Å². The van der Waals surface area contributed by atoms with Gasteiger partial charge in [-0.25, -0.2) is 8.78 Å². The van der Waals surface area contributed by atoms with Gasteiger partial charge in [0, 0.05) is 19.4 Å². The summed E-state index contributed by atoms with van der Waals surface area (Å²) < 4.78 is 25.9. The molecule has 0 radical (unpaired) electrons. The van der Waals surface area contributed by atoms with Crippen LogP contribution in [0.15, 0.2) is 0 Å². The van der Waals surface area contributed by atoms with Crippen molar-refractivity contribution in [3.8, 4) is 0 Å². The highest BCUT2D eigenvalue weighted by Crippen LogP contribution is 2.28. The maximum absolute atomic E-state index is 12.9. The normalized spacial score (nSPS) is 14.8. The van der Waals surface area contributed by atoms with E-state index in [1.807, 2.05) is 6.92 Å². The van der Waals surface area contributed by atoms with Crippen LogP contribution in [-0.2, 0) is 0 Å². The van der Waals surface area contributed by atoms with Gasteiger partial charge in [-0.1, -0.05) is 20.3 Å². The van der Waals surface area contributed by atoms with Crippen molar-refractivity contribution in [3.63, 3.8) is 0 Å². The fourth-order valence-electron chi connectivity index (χ4n) is 1.11. The first-order chi connectivity index (χ1) is 5.52. The average molecular weight is 180 g/mol. The Morgan fingerprint density at radius 1 is 1.42 bits per heavy atom. The minimum absolute atomic E-state index is 0.0478. The zero-order valence-corrected chi connectivity index (χ0v) is 7.82. The summed E-state index contributed by atoms with van der Waals surface area (Å²) in [5.41, 5.74) is 0. The van der Waals surface area contributed by atoms with Crippen molar-refractivity contribution in [1.82, 2.24) is 0 Å². The largest absolute Gasteiger partial charge is 0.396 e. The van der Waals surface area contributed by atoms with Gasteiger partial charge in [0.1, 0.15) is 0 Å². The number of hydrogen-bond acceptors (Lipinski definition) is 1. The highest BCUT2D eigenvalue weighted by atomic mass is 19.3. The number of aliphatic hydroxyl groups is 1.